The maximum atomic E-state index is 11.2. The van der Waals surface area contributed by atoms with Crippen molar-refractivity contribution in [3.05, 3.63) is 12.2 Å². The van der Waals surface area contributed by atoms with Crippen molar-refractivity contribution < 1.29 is 9.53 Å². The highest BCUT2D eigenvalue weighted by Crippen LogP contribution is 1.91. The Morgan fingerprint density at radius 1 is 1.59 bits per heavy atom. The summed E-state index contributed by atoms with van der Waals surface area (Å²) >= 11 is 0. The molecule has 0 aliphatic carbocycles. The zero-order chi connectivity index (χ0) is 12.5. The van der Waals surface area contributed by atoms with Gasteiger partial charge in [0.2, 0.25) is 0 Å². The molecular formula is C11H20N4O2. The first-order valence-electron chi connectivity index (χ1n) is 5.93. The number of hydrogen-bond donors (Lipinski definition) is 1. The van der Waals surface area contributed by atoms with Crippen molar-refractivity contribution in [1.82, 2.24) is 20.1 Å². The van der Waals surface area contributed by atoms with Crippen LogP contribution in [0.1, 0.15) is 25.6 Å². The molecule has 6 nitrogen and oxygen atoms in total. The van der Waals surface area contributed by atoms with Crippen molar-refractivity contribution in [2.45, 2.75) is 26.2 Å². The van der Waals surface area contributed by atoms with Crippen molar-refractivity contribution in [1.29, 1.82) is 0 Å². The highest BCUT2D eigenvalue weighted by Gasteiger charge is 2.03. The van der Waals surface area contributed by atoms with Gasteiger partial charge < -0.3 is 14.6 Å². The van der Waals surface area contributed by atoms with Crippen LogP contribution in [0.4, 0.5) is 0 Å². The number of carbonyl (C=O) groups excluding carboxylic acids is 1. The molecule has 0 aromatic carbocycles. The third-order valence-corrected chi connectivity index (χ3v) is 2.36. The van der Waals surface area contributed by atoms with Gasteiger partial charge in [-0.3, -0.25) is 4.79 Å². The summed E-state index contributed by atoms with van der Waals surface area (Å²) in [6, 6.07) is 0. The van der Waals surface area contributed by atoms with E-state index in [9.17, 15) is 4.79 Å². The minimum absolute atomic E-state index is 0.198. The lowest BCUT2D eigenvalue weighted by Crippen LogP contribution is -2.27. The number of esters is 1. The number of ether oxygens (including phenoxy) is 1. The molecule has 1 aromatic rings. The number of hydrogen-bond acceptors (Lipinski definition) is 5. The van der Waals surface area contributed by atoms with E-state index in [2.05, 4.69) is 22.4 Å². The minimum atomic E-state index is -0.198. The second kappa shape index (κ2) is 7.78. The fourth-order valence-electron chi connectivity index (χ4n) is 1.31. The van der Waals surface area contributed by atoms with Crippen LogP contribution in [0, 0.1) is 0 Å². The second-order valence-electron chi connectivity index (χ2n) is 3.86. The van der Waals surface area contributed by atoms with Gasteiger partial charge in [-0.25, -0.2) is 0 Å². The summed E-state index contributed by atoms with van der Waals surface area (Å²) < 4.78 is 6.87. The van der Waals surface area contributed by atoms with Crippen molar-refractivity contribution in [2.24, 2.45) is 7.05 Å². The molecule has 6 heteroatoms. The van der Waals surface area contributed by atoms with Crippen LogP contribution in [0.15, 0.2) is 6.33 Å². The van der Waals surface area contributed by atoms with E-state index in [-0.39, 0.29) is 12.5 Å². The number of nitrogens with one attached hydrogen (secondary N) is 1. The summed E-state index contributed by atoms with van der Waals surface area (Å²) in [6.45, 7) is 3.52. The fourth-order valence-corrected chi connectivity index (χ4v) is 1.31. The van der Waals surface area contributed by atoms with Gasteiger partial charge in [0.05, 0.1) is 13.2 Å². The number of aryl methyl sites for hydroxylation is 1. The Balaban J connectivity index is 2.04. The van der Waals surface area contributed by atoms with E-state index >= 15 is 0 Å². The number of unbranched alkanes of at least 4 members (excludes halogenated alkanes) is 1. The van der Waals surface area contributed by atoms with Gasteiger partial charge in [-0.05, 0) is 6.42 Å². The molecule has 1 N–H and O–H groups in total. The van der Waals surface area contributed by atoms with Crippen LogP contribution in [0.2, 0.25) is 0 Å². The Labute approximate surface area is 101 Å². The lowest BCUT2D eigenvalue weighted by molar-refractivity contribution is -0.142. The zero-order valence-electron chi connectivity index (χ0n) is 10.5. The first kappa shape index (κ1) is 13.6. The molecule has 0 spiro atoms. The smallest absolute Gasteiger partial charge is 0.319 e. The normalized spacial score (nSPS) is 10.5. The van der Waals surface area contributed by atoms with Gasteiger partial charge in [0.1, 0.15) is 12.2 Å². The third kappa shape index (κ3) is 5.44. The van der Waals surface area contributed by atoms with Crippen LogP contribution in [-0.2, 0) is 23.0 Å². The van der Waals surface area contributed by atoms with Crippen molar-refractivity contribution in [3.8, 4) is 0 Å². The molecule has 0 unspecified atom stereocenters. The van der Waals surface area contributed by atoms with Crippen LogP contribution >= 0.6 is 0 Å². The fraction of sp³-hybridized carbons (Fsp3) is 0.727. The Kier molecular flexibility index (Phi) is 6.24. The van der Waals surface area contributed by atoms with Gasteiger partial charge in [0, 0.05) is 20.0 Å². The quantitative estimate of drug-likeness (QED) is 0.522. The molecule has 0 bridgehead atoms. The summed E-state index contributed by atoms with van der Waals surface area (Å²) in [4.78, 5) is 11.2. The molecule has 96 valence electrons. The average Bonchev–Trinajstić information content (AvgIpc) is 2.71. The SMILES string of the molecule is CCCCOC(=O)CNCCc1nncn1C. The summed E-state index contributed by atoms with van der Waals surface area (Å²) in [5.74, 6) is 0.702. The van der Waals surface area contributed by atoms with Gasteiger partial charge in [-0.2, -0.15) is 0 Å². The highest BCUT2D eigenvalue weighted by atomic mass is 16.5. The van der Waals surface area contributed by atoms with Gasteiger partial charge in [-0.1, -0.05) is 13.3 Å². The maximum Gasteiger partial charge on any atom is 0.319 e. The molecule has 0 saturated heterocycles. The molecule has 1 rings (SSSR count). The van der Waals surface area contributed by atoms with Gasteiger partial charge >= 0.3 is 5.97 Å². The van der Waals surface area contributed by atoms with Crippen LogP contribution in [0.25, 0.3) is 0 Å². The zero-order valence-corrected chi connectivity index (χ0v) is 10.5. The molecule has 0 radical (unpaired) electrons. The molecule has 0 aliphatic heterocycles. The second-order valence-corrected chi connectivity index (χ2v) is 3.86. The lowest BCUT2D eigenvalue weighted by Gasteiger charge is -2.05. The Hall–Kier alpha value is -1.43. The van der Waals surface area contributed by atoms with E-state index < -0.39 is 0 Å². The minimum Gasteiger partial charge on any atom is -0.465 e. The van der Waals surface area contributed by atoms with Crippen LogP contribution in [-0.4, -0.2) is 40.4 Å². The molecule has 0 amide bonds. The molecule has 0 fully saturated rings. The monoisotopic (exact) mass is 240 g/mol. The lowest BCUT2D eigenvalue weighted by atomic mass is 10.4. The van der Waals surface area contributed by atoms with Crippen molar-refractivity contribution >= 4 is 5.97 Å². The predicted octanol–water partition coefficient (Wildman–Crippen LogP) is 0.290. The molecule has 0 saturated carbocycles. The number of aromatic nitrogens is 3. The Morgan fingerprint density at radius 2 is 2.41 bits per heavy atom. The van der Waals surface area contributed by atoms with Crippen LogP contribution < -0.4 is 5.32 Å². The largest absolute Gasteiger partial charge is 0.465 e. The first-order valence-corrected chi connectivity index (χ1v) is 5.93. The summed E-state index contributed by atoms with van der Waals surface area (Å²) in [6.07, 6.45) is 4.37. The molecule has 0 aliphatic rings. The Bertz CT molecular complexity index is 338. The number of rotatable bonds is 8. The molecule has 0 atom stereocenters. The van der Waals surface area contributed by atoms with Gasteiger partial charge in [0.15, 0.2) is 0 Å². The van der Waals surface area contributed by atoms with Crippen molar-refractivity contribution in [2.75, 3.05) is 19.7 Å². The van der Waals surface area contributed by atoms with Crippen LogP contribution in [0.5, 0.6) is 0 Å². The molecule has 1 aromatic heterocycles. The van der Waals surface area contributed by atoms with E-state index in [1.807, 2.05) is 11.6 Å². The predicted molar refractivity (Wildman–Crippen MR) is 63.4 cm³/mol. The first-order chi connectivity index (χ1) is 8.24. The average molecular weight is 240 g/mol. The maximum absolute atomic E-state index is 11.2. The van der Waals surface area contributed by atoms with Gasteiger partial charge in [-0.15, -0.1) is 10.2 Å². The van der Waals surface area contributed by atoms with Gasteiger partial charge in [0.25, 0.3) is 0 Å². The summed E-state index contributed by atoms with van der Waals surface area (Å²) in [5, 5.41) is 10.8. The number of carbonyl (C=O) groups is 1. The number of nitrogens with zero attached hydrogens (tertiary/aromatic N) is 3. The highest BCUT2D eigenvalue weighted by molar-refractivity contribution is 5.71. The Morgan fingerprint density at radius 3 is 3.06 bits per heavy atom. The van der Waals surface area contributed by atoms with E-state index in [1.165, 1.54) is 0 Å². The summed E-state index contributed by atoms with van der Waals surface area (Å²) in [7, 11) is 1.90. The molecule has 17 heavy (non-hydrogen) atoms. The van der Waals surface area contributed by atoms with E-state index in [0.29, 0.717) is 13.2 Å². The van der Waals surface area contributed by atoms with Crippen LogP contribution in [0.3, 0.4) is 0 Å². The standard InChI is InChI=1S/C11H20N4O2/c1-3-4-7-17-11(16)8-12-6-5-10-14-13-9-15(10)2/h9,12H,3-8H2,1-2H3. The summed E-state index contributed by atoms with van der Waals surface area (Å²) in [5.41, 5.74) is 0. The third-order valence-electron chi connectivity index (χ3n) is 2.36. The van der Waals surface area contributed by atoms with E-state index in [0.717, 1.165) is 25.1 Å². The van der Waals surface area contributed by atoms with Crippen molar-refractivity contribution in [3.63, 3.8) is 0 Å². The van der Waals surface area contributed by atoms with E-state index in [4.69, 9.17) is 4.74 Å². The molecule has 1 heterocycles. The topological polar surface area (TPSA) is 69.0 Å². The molecular weight excluding hydrogens is 220 g/mol. The van der Waals surface area contributed by atoms with E-state index in [1.54, 1.807) is 6.33 Å².